The summed E-state index contributed by atoms with van der Waals surface area (Å²) in [4.78, 5) is 13.1. The van der Waals surface area contributed by atoms with E-state index in [4.69, 9.17) is 0 Å². The molecule has 0 bridgehead atoms. The summed E-state index contributed by atoms with van der Waals surface area (Å²) in [5.41, 5.74) is 7.91. The molecule has 0 radical (unpaired) electrons. The van der Waals surface area contributed by atoms with E-state index < -0.39 is 0 Å². The predicted molar refractivity (Wildman–Crippen MR) is 153 cm³/mol. The van der Waals surface area contributed by atoms with Crippen molar-refractivity contribution < 1.29 is 9.28 Å². The first-order valence-electron chi connectivity index (χ1n) is 13.7. The van der Waals surface area contributed by atoms with Crippen LogP contribution >= 0.6 is 0 Å². The van der Waals surface area contributed by atoms with Crippen LogP contribution in [0.1, 0.15) is 63.1 Å². The summed E-state index contributed by atoms with van der Waals surface area (Å²) < 4.78 is 1.16. The molecule has 0 aliphatic heterocycles. The molecule has 1 aliphatic rings. The van der Waals surface area contributed by atoms with E-state index in [-0.39, 0.29) is 5.91 Å². The van der Waals surface area contributed by atoms with E-state index in [0.717, 1.165) is 40.7 Å². The number of carbonyl (C=O) groups is 1. The summed E-state index contributed by atoms with van der Waals surface area (Å²) in [6.45, 7) is 11.6. The molecule has 0 unspecified atom stereocenters. The van der Waals surface area contributed by atoms with E-state index in [1.165, 1.54) is 61.2 Å². The third-order valence-electron chi connectivity index (χ3n) is 7.36. The van der Waals surface area contributed by atoms with Gasteiger partial charge in [-0.25, -0.2) is 0 Å². The van der Waals surface area contributed by atoms with Gasteiger partial charge in [-0.15, -0.1) is 0 Å². The van der Waals surface area contributed by atoms with Gasteiger partial charge in [0, 0.05) is 16.8 Å². The molecular weight excluding hydrogens is 440 g/mol. The zero-order chi connectivity index (χ0) is 25.4. The molecule has 0 spiro atoms. The van der Waals surface area contributed by atoms with Crippen molar-refractivity contribution in [3.8, 4) is 11.1 Å². The van der Waals surface area contributed by atoms with Crippen molar-refractivity contribution in [2.45, 2.75) is 59.4 Å². The third kappa shape index (κ3) is 6.33. The van der Waals surface area contributed by atoms with Gasteiger partial charge in [-0.05, 0) is 78.6 Å². The molecule has 36 heavy (non-hydrogen) atoms. The number of aryl methyl sites for hydroxylation is 1. The van der Waals surface area contributed by atoms with Crippen LogP contribution in [0.15, 0.2) is 78.4 Å². The lowest BCUT2D eigenvalue weighted by Gasteiger charge is -2.38. The number of nitrogens with zero attached hydrogens (tertiary/aromatic N) is 1. The van der Waals surface area contributed by atoms with Crippen molar-refractivity contribution in [1.29, 1.82) is 0 Å². The number of hydrogen-bond acceptors (Lipinski definition) is 1. The highest BCUT2D eigenvalue weighted by atomic mass is 16.1. The highest BCUT2D eigenvalue weighted by Gasteiger charge is 2.25. The quantitative estimate of drug-likeness (QED) is 0.277. The number of hydrogen-bond donors (Lipinski definition) is 1. The number of quaternary nitrogens is 1. The number of carbonyl (C=O) groups excluding carboxylic acids is 1. The Bertz CT molecular complexity index is 1160. The number of fused-ring (bicyclic) bond motifs is 1. The van der Waals surface area contributed by atoms with Crippen LogP contribution in [0.2, 0.25) is 0 Å². The Morgan fingerprint density at radius 1 is 0.778 bits per heavy atom. The van der Waals surface area contributed by atoms with Crippen LogP contribution in [0.25, 0.3) is 17.2 Å². The van der Waals surface area contributed by atoms with E-state index in [0.29, 0.717) is 0 Å². The third-order valence-corrected chi connectivity index (χ3v) is 7.36. The summed E-state index contributed by atoms with van der Waals surface area (Å²) in [6.07, 6.45) is 7.36. The fourth-order valence-corrected chi connectivity index (χ4v) is 5.76. The average molecular weight is 482 g/mol. The van der Waals surface area contributed by atoms with Gasteiger partial charge < -0.3 is 9.80 Å². The minimum Gasteiger partial charge on any atom is -0.322 e. The Labute approximate surface area is 217 Å². The minimum atomic E-state index is 0.00610. The second kappa shape index (κ2) is 12.2. The minimum absolute atomic E-state index is 0.00610. The van der Waals surface area contributed by atoms with E-state index in [2.05, 4.69) is 98.9 Å². The molecule has 0 heterocycles. The molecule has 3 nitrogen and oxygen atoms in total. The van der Waals surface area contributed by atoms with Crippen molar-refractivity contribution >= 4 is 17.7 Å². The molecule has 3 heteroatoms. The Hall–Kier alpha value is -3.17. The van der Waals surface area contributed by atoms with Gasteiger partial charge >= 0.3 is 0 Å². The molecule has 1 amide bonds. The molecule has 1 N–H and O–H groups in total. The van der Waals surface area contributed by atoms with Crippen molar-refractivity contribution in [3.63, 3.8) is 0 Å². The largest absolute Gasteiger partial charge is 0.322 e. The van der Waals surface area contributed by atoms with Crippen molar-refractivity contribution in [2.75, 3.05) is 25.0 Å². The van der Waals surface area contributed by atoms with Crippen LogP contribution in [-0.2, 0) is 17.8 Å². The summed E-state index contributed by atoms with van der Waals surface area (Å²) in [7, 11) is 0. The number of nitrogens with one attached hydrogen (secondary N) is 1. The topological polar surface area (TPSA) is 29.1 Å². The molecule has 3 aromatic rings. The van der Waals surface area contributed by atoms with Gasteiger partial charge in [0.1, 0.15) is 6.54 Å². The molecule has 0 atom stereocenters. The van der Waals surface area contributed by atoms with E-state index in [9.17, 15) is 4.79 Å². The monoisotopic (exact) mass is 481 g/mol. The maximum Gasteiger partial charge on any atom is 0.251 e. The molecule has 0 aromatic heterocycles. The number of rotatable bonds is 11. The van der Waals surface area contributed by atoms with Crippen LogP contribution < -0.4 is 5.32 Å². The van der Waals surface area contributed by atoms with Crippen molar-refractivity contribution in [3.05, 3.63) is 95.1 Å². The van der Waals surface area contributed by atoms with Gasteiger partial charge in [0.2, 0.25) is 0 Å². The number of benzene rings is 3. The van der Waals surface area contributed by atoms with Gasteiger partial charge in [0.15, 0.2) is 0 Å². The van der Waals surface area contributed by atoms with E-state index in [1.54, 1.807) is 0 Å². The van der Waals surface area contributed by atoms with Crippen LogP contribution in [0.3, 0.4) is 0 Å². The molecule has 0 saturated heterocycles. The van der Waals surface area contributed by atoms with Gasteiger partial charge in [-0.2, -0.15) is 0 Å². The van der Waals surface area contributed by atoms with Crippen molar-refractivity contribution in [1.82, 2.24) is 0 Å². The Morgan fingerprint density at radius 2 is 1.44 bits per heavy atom. The highest BCUT2D eigenvalue weighted by molar-refractivity contribution is 6.07. The molecule has 0 saturated carbocycles. The average Bonchev–Trinajstić information content (AvgIpc) is 2.90. The first kappa shape index (κ1) is 25.9. The highest BCUT2D eigenvalue weighted by Crippen LogP contribution is 2.29. The van der Waals surface area contributed by atoms with Gasteiger partial charge in [0.05, 0.1) is 19.6 Å². The Morgan fingerprint density at radius 3 is 2.08 bits per heavy atom. The maximum atomic E-state index is 13.1. The van der Waals surface area contributed by atoms with Crippen LogP contribution in [0, 0.1) is 0 Å². The number of amides is 1. The normalized spacial score (nSPS) is 13.1. The lowest BCUT2D eigenvalue weighted by Crippen LogP contribution is -2.48. The van der Waals surface area contributed by atoms with E-state index in [1.807, 2.05) is 6.07 Å². The van der Waals surface area contributed by atoms with Crippen LogP contribution in [-0.4, -0.2) is 30.0 Å². The molecule has 0 fully saturated rings. The van der Waals surface area contributed by atoms with E-state index >= 15 is 0 Å². The first-order chi connectivity index (χ1) is 17.6. The van der Waals surface area contributed by atoms with Crippen LogP contribution in [0.5, 0.6) is 0 Å². The zero-order valence-electron chi connectivity index (χ0n) is 22.2. The van der Waals surface area contributed by atoms with Gasteiger partial charge in [-0.3, -0.25) is 4.79 Å². The van der Waals surface area contributed by atoms with Gasteiger partial charge in [-0.1, -0.05) is 75.4 Å². The summed E-state index contributed by atoms with van der Waals surface area (Å²) in [5.74, 6) is 0.00610. The second-order valence-corrected chi connectivity index (χ2v) is 10.3. The SMILES string of the molecule is CCC[N+](CCC)(CCC)Cc1ccc(NC(=O)C2=Cc3cc(-c4ccccc4)ccc3CC2)cc1. The lowest BCUT2D eigenvalue weighted by molar-refractivity contribution is -0.941. The van der Waals surface area contributed by atoms with Crippen LogP contribution in [0.4, 0.5) is 5.69 Å². The first-order valence-corrected chi connectivity index (χ1v) is 13.7. The summed E-state index contributed by atoms with van der Waals surface area (Å²) in [5, 5.41) is 3.14. The second-order valence-electron chi connectivity index (χ2n) is 10.3. The smallest absolute Gasteiger partial charge is 0.251 e. The Kier molecular flexibility index (Phi) is 8.77. The molecule has 1 aliphatic carbocycles. The summed E-state index contributed by atoms with van der Waals surface area (Å²) >= 11 is 0. The standard InChI is InChI=1S/C33H40N2O/c1-4-20-35(21-5-2,22-6-3)25-26-12-18-32(19-13-26)34-33(36)30-17-15-28-14-16-29(23-31(28)24-30)27-10-8-7-9-11-27/h7-14,16,18-19,23-24H,4-6,15,17,20-22,25H2,1-3H3/p+1. The Balaban J connectivity index is 1.45. The lowest BCUT2D eigenvalue weighted by atomic mass is 9.89. The fourth-order valence-electron chi connectivity index (χ4n) is 5.76. The molecule has 188 valence electrons. The molecule has 4 rings (SSSR count). The van der Waals surface area contributed by atoms with Crippen molar-refractivity contribution in [2.24, 2.45) is 0 Å². The molecule has 3 aromatic carbocycles. The van der Waals surface area contributed by atoms with Gasteiger partial charge in [0.25, 0.3) is 5.91 Å². The predicted octanol–water partition coefficient (Wildman–Crippen LogP) is 7.87. The summed E-state index contributed by atoms with van der Waals surface area (Å²) in [6, 6.07) is 25.5. The molecular formula is C33H41N2O+. The zero-order valence-corrected chi connectivity index (χ0v) is 22.2. The maximum absolute atomic E-state index is 13.1. The number of anilines is 1. The fraction of sp³-hybridized carbons (Fsp3) is 0.364.